The van der Waals surface area contributed by atoms with Gasteiger partial charge in [0, 0.05) is 40.9 Å². The molecule has 0 spiro atoms. The van der Waals surface area contributed by atoms with Crippen LogP contribution < -0.4 is 11.1 Å². The highest BCUT2D eigenvalue weighted by molar-refractivity contribution is 9.10. The number of likely N-dealkylation sites (tertiary alicyclic amines) is 1. The predicted octanol–water partition coefficient (Wildman–Crippen LogP) is 2.63. The number of carbonyl (C=O) groups excluding carboxylic acids is 1. The van der Waals surface area contributed by atoms with Crippen LogP contribution in [0.4, 0.5) is 5.69 Å². The molecule has 20 heavy (non-hydrogen) atoms. The second-order valence-electron chi connectivity index (χ2n) is 5.61. The minimum atomic E-state index is -0.0197. The van der Waals surface area contributed by atoms with Gasteiger partial charge in [-0.15, -0.1) is 0 Å². The van der Waals surface area contributed by atoms with Crippen LogP contribution in [0, 0.1) is 0 Å². The van der Waals surface area contributed by atoms with Crippen LogP contribution in [0.15, 0.2) is 22.7 Å². The number of hydrogen-bond donors (Lipinski definition) is 2. The quantitative estimate of drug-likeness (QED) is 0.832. The number of hydrogen-bond acceptors (Lipinski definition) is 3. The van der Waals surface area contributed by atoms with Crippen molar-refractivity contribution in [1.82, 2.24) is 10.2 Å². The summed E-state index contributed by atoms with van der Waals surface area (Å²) in [7, 11) is 0. The number of halogens is 1. The number of anilines is 1. The summed E-state index contributed by atoms with van der Waals surface area (Å²) < 4.78 is 0.764. The number of nitrogens with zero attached hydrogens (tertiary/aromatic N) is 1. The molecule has 3 N–H and O–H groups in total. The summed E-state index contributed by atoms with van der Waals surface area (Å²) in [6.07, 6.45) is 2.03. The first-order valence-electron chi connectivity index (χ1n) is 7.07. The fraction of sp³-hybridized carbons (Fsp3) is 0.533. The molecule has 1 saturated heterocycles. The van der Waals surface area contributed by atoms with Crippen molar-refractivity contribution in [3.8, 4) is 0 Å². The molecular weight excluding hydrogens is 318 g/mol. The highest BCUT2D eigenvalue weighted by Crippen LogP contribution is 2.21. The van der Waals surface area contributed by atoms with E-state index in [4.69, 9.17) is 5.73 Å². The van der Waals surface area contributed by atoms with E-state index in [2.05, 4.69) is 40.0 Å². The number of benzene rings is 1. The molecule has 110 valence electrons. The SMILES string of the molecule is CC(C)N1CCC(NC(=O)c2ccc(N)c(Br)c2)CC1. The highest BCUT2D eigenvalue weighted by atomic mass is 79.9. The Morgan fingerprint density at radius 2 is 2.05 bits per heavy atom. The summed E-state index contributed by atoms with van der Waals surface area (Å²) in [4.78, 5) is 14.7. The van der Waals surface area contributed by atoms with E-state index < -0.39 is 0 Å². The van der Waals surface area contributed by atoms with Gasteiger partial charge in [0.2, 0.25) is 0 Å². The molecule has 1 aliphatic rings. The Labute approximate surface area is 128 Å². The van der Waals surface area contributed by atoms with Gasteiger partial charge in [-0.05, 0) is 60.8 Å². The zero-order chi connectivity index (χ0) is 14.7. The maximum Gasteiger partial charge on any atom is 0.251 e. The van der Waals surface area contributed by atoms with Crippen molar-refractivity contribution < 1.29 is 4.79 Å². The Balaban J connectivity index is 1.91. The molecular formula is C15H22BrN3O. The van der Waals surface area contributed by atoms with E-state index in [0.29, 0.717) is 17.3 Å². The van der Waals surface area contributed by atoms with Crippen molar-refractivity contribution in [2.75, 3.05) is 18.8 Å². The zero-order valence-electron chi connectivity index (χ0n) is 12.0. The molecule has 1 heterocycles. The summed E-state index contributed by atoms with van der Waals surface area (Å²) in [5, 5.41) is 3.11. The fourth-order valence-electron chi connectivity index (χ4n) is 2.50. The lowest BCUT2D eigenvalue weighted by Crippen LogP contribution is -2.46. The van der Waals surface area contributed by atoms with Gasteiger partial charge in [0.1, 0.15) is 0 Å². The maximum atomic E-state index is 12.2. The smallest absolute Gasteiger partial charge is 0.251 e. The molecule has 0 radical (unpaired) electrons. The van der Waals surface area contributed by atoms with E-state index in [-0.39, 0.29) is 11.9 Å². The lowest BCUT2D eigenvalue weighted by atomic mass is 10.0. The van der Waals surface area contributed by atoms with Crippen molar-refractivity contribution in [2.45, 2.75) is 38.8 Å². The first kappa shape index (κ1) is 15.3. The molecule has 0 bridgehead atoms. The Bertz CT molecular complexity index is 482. The van der Waals surface area contributed by atoms with Gasteiger partial charge in [-0.2, -0.15) is 0 Å². The molecule has 0 aliphatic carbocycles. The van der Waals surface area contributed by atoms with Crippen molar-refractivity contribution in [3.05, 3.63) is 28.2 Å². The monoisotopic (exact) mass is 339 g/mol. The topological polar surface area (TPSA) is 58.4 Å². The Morgan fingerprint density at radius 1 is 1.40 bits per heavy atom. The van der Waals surface area contributed by atoms with E-state index in [1.165, 1.54) is 0 Å². The lowest BCUT2D eigenvalue weighted by molar-refractivity contribution is 0.0900. The second-order valence-corrected chi connectivity index (χ2v) is 6.47. The van der Waals surface area contributed by atoms with Gasteiger partial charge in [0.15, 0.2) is 0 Å². The third-order valence-corrected chi connectivity index (χ3v) is 4.54. The second kappa shape index (κ2) is 6.59. The molecule has 1 fully saturated rings. The largest absolute Gasteiger partial charge is 0.398 e. The average molecular weight is 340 g/mol. The molecule has 2 rings (SSSR count). The molecule has 0 saturated carbocycles. The number of rotatable bonds is 3. The van der Waals surface area contributed by atoms with Crippen LogP contribution in [-0.2, 0) is 0 Å². The molecule has 0 unspecified atom stereocenters. The van der Waals surface area contributed by atoms with Crippen molar-refractivity contribution >= 4 is 27.5 Å². The van der Waals surface area contributed by atoms with E-state index in [1.807, 2.05) is 0 Å². The maximum absolute atomic E-state index is 12.2. The molecule has 0 atom stereocenters. The van der Waals surface area contributed by atoms with Crippen LogP contribution in [0.1, 0.15) is 37.0 Å². The summed E-state index contributed by atoms with van der Waals surface area (Å²) in [6, 6.07) is 6.14. The number of nitrogen functional groups attached to an aromatic ring is 1. The van der Waals surface area contributed by atoms with Crippen LogP contribution in [0.3, 0.4) is 0 Å². The minimum absolute atomic E-state index is 0.0197. The Morgan fingerprint density at radius 3 is 2.60 bits per heavy atom. The third kappa shape index (κ3) is 3.73. The number of piperidine rings is 1. The third-order valence-electron chi connectivity index (χ3n) is 3.86. The fourth-order valence-corrected chi connectivity index (χ4v) is 2.88. The van der Waals surface area contributed by atoms with Gasteiger partial charge in [0.25, 0.3) is 5.91 Å². The highest BCUT2D eigenvalue weighted by Gasteiger charge is 2.22. The molecule has 1 aromatic rings. The van der Waals surface area contributed by atoms with E-state index >= 15 is 0 Å². The van der Waals surface area contributed by atoms with Crippen LogP contribution in [0.2, 0.25) is 0 Å². The molecule has 0 aromatic heterocycles. The number of carbonyl (C=O) groups is 1. The molecule has 1 aliphatic heterocycles. The van der Waals surface area contributed by atoms with Gasteiger partial charge in [0.05, 0.1) is 0 Å². The van der Waals surface area contributed by atoms with Crippen molar-refractivity contribution in [3.63, 3.8) is 0 Å². The standard InChI is InChI=1S/C15H22BrN3O/c1-10(2)19-7-5-12(6-8-19)18-15(20)11-3-4-14(17)13(16)9-11/h3-4,9-10,12H,5-8,17H2,1-2H3,(H,18,20). The molecule has 5 heteroatoms. The van der Waals surface area contributed by atoms with E-state index in [1.54, 1.807) is 18.2 Å². The molecule has 1 aromatic carbocycles. The summed E-state index contributed by atoms with van der Waals surface area (Å²) in [6.45, 7) is 6.53. The van der Waals surface area contributed by atoms with Crippen LogP contribution in [0.25, 0.3) is 0 Å². The first-order chi connectivity index (χ1) is 9.47. The summed E-state index contributed by atoms with van der Waals surface area (Å²) in [5.41, 5.74) is 7.03. The number of nitrogens with one attached hydrogen (secondary N) is 1. The van der Waals surface area contributed by atoms with Gasteiger partial charge in [-0.25, -0.2) is 0 Å². The van der Waals surface area contributed by atoms with Gasteiger partial charge < -0.3 is 16.0 Å². The lowest BCUT2D eigenvalue weighted by Gasteiger charge is -2.34. The van der Waals surface area contributed by atoms with Gasteiger partial charge in [-0.1, -0.05) is 0 Å². The molecule has 1 amide bonds. The number of nitrogens with two attached hydrogens (primary N) is 1. The zero-order valence-corrected chi connectivity index (χ0v) is 13.6. The first-order valence-corrected chi connectivity index (χ1v) is 7.86. The summed E-state index contributed by atoms with van der Waals surface area (Å²) >= 11 is 3.35. The normalized spacial score (nSPS) is 17.4. The van der Waals surface area contributed by atoms with Crippen LogP contribution >= 0.6 is 15.9 Å². The van der Waals surface area contributed by atoms with E-state index in [9.17, 15) is 4.79 Å². The van der Waals surface area contributed by atoms with Crippen molar-refractivity contribution in [2.24, 2.45) is 0 Å². The minimum Gasteiger partial charge on any atom is -0.398 e. The Kier molecular flexibility index (Phi) is 5.05. The number of amides is 1. The van der Waals surface area contributed by atoms with Crippen molar-refractivity contribution in [1.29, 1.82) is 0 Å². The van der Waals surface area contributed by atoms with Gasteiger partial charge >= 0.3 is 0 Å². The predicted molar refractivity (Wildman–Crippen MR) is 85.8 cm³/mol. The van der Waals surface area contributed by atoms with Gasteiger partial charge in [-0.3, -0.25) is 4.79 Å². The van der Waals surface area contributed by atoms with E-state index in [0.717, 1.165) is 30.4 Å². The molecule has 4 nitrogen and oxygen atoms in total. The van der Waals surface area contributed by atoms with Crippen LogP contribution in [0.5, 0.6) is 0 Å². The van der Waals surface area contributed by atoms with Crippen LogP contribution in [-0.4, -0.2) is 36.0 Å². The Hall–Kier alpha value is -1.07. The average Bonchev–Trinajstić information content (AvgIpc) is 2.42. The summed E-state index contributed by atoms with van der Waals surface area (Å²) in [5.74, 6) is -0.0197.